The summed E-state index contributed by atoms with van der Waals surface area (Å²) in [6.07, 6.45) is 4.44. The summed E-state index contributed by atoms with van der Waals surface area (Å²) in [4.78, 5) is 38.5. The molecule has 0 aromatic heterocycles. The lowest BCUT2D eigenvalue weighted by atomic mass is 9.77. The highest BCUT2D eigenvalue weighted by molar-refractivity contribution is 5.85. The van der Waals surface area contributed by atoms with Crippen molar-refractivity contribution in [1.82, 2.24) is 9.80 Å². The summed E-state index contributed by atoms with van der Waals surface area (Å²) in [5.74, 6) is -0.605. The fraction of sp³-hybridized carbons (Fsp3) is 0.812. The quantitative estimate of drug-likeness (QED) is 0.812. The van der Waals surface area contributed by atoms with Gasteiger partial charge >= 0.3 is 6.09 Å². The van der Waals surface area contributed by atoms with Crippen molar-refractivity contribution in [3.05, 3.63) is 0 Å². The zero-order chi connectivity index (χ0) is 17.0. The van der Waals surface area contributed by atoms with Crippen LogP contribution in [0.2, 0.25) is 0 Å². The van der Waals surface area contributed by atoms with Crippen molar-refractivity contribution in [2.24, 2.45) is 17.6 Å². The minimum atomic E-state index is -0.953. The number of carbonyl (C=O) groups is 3. The van der Waals surface area contributed by atoms with Crippen molar-refractivity contribution in [3.8, 4) is 0 Å². The number of piperazine rings is 1. The molecule has 0 aromatic rings. The zero-order valence-electron chi connectivity index (χ0n) is 13.7. The normalized spacial score (nSPS) is 24.3. The molecule has 23 heavy (non-hydrogen) atoms. The van der Waals surface area contributed by atoms with Gasteiger partial charge in [0.2, 0.25) is 11.8 Å². The fourth-order valence-electron chi connectivity index (χ4n) is 3.89. The van der Waals surface area contributed by atoms with Gasteiger partial charge in [0.25, 0.3) is 0 Å². The summed E-state index contributed by atoms with van der Waals surface area (Å²) in [5, 5.41) is 9.13. The Labute approximate surface area is 136 Å². The van der Waals surface area contributed by atoms with Crippen LogP contribution in [-0.2, 0) is 9.59 Å². The van der Waals surface area contributed by atoms with Crippen LogP contribution >= 0.6 is 0 Å². The molecule has 1 heterocycles. The monoisotopic (exact) mass is 325 g/mol. The molecule has 0 radical (unpaired) electrons. The van der Waals surface area contributed by atoms with Gasteiger partial charge in [-0.3, -0.25) is 9.59 Å². The van der Waals surface area contributed by atoms with Gasteiger partial charge in [-0.15, -0.1) is 0 Å². The van der Waals surface area contributed by atoms with E-state index in [9.17, 15) is 14.4 Å². The van der Waals surface area contributed by atoms with E-state index in [1.165, 1.54) is 11.3 Å². The van der Waals surface area contributed by atoms with E-state index in [-0.39, 0.29) is 30.2 Å². The largest absolute Gasteiger partial charge is 0.465 e. The van der Waals surface area contributed by atoms with E-state index in [0.717, 1.165) is 25.7 Å². The maximum Gasteiger partial charge on any atom is 0.407 e. The third-order valence-corrected chi connectivity index (χ3v) is 5.14. The van der Waals surface area contributed by atoms with Crippen molar-refractivity contribution in [1.29, 1.82) is 0 Å². The molecule has 130 valence electrons. The molecule has 7 nitrogen and oxygen atoms in total. The average Bonchev–Trinajstić information content (AvgIpc) is 2.52. The van der Waals surface area contributed by atoms with Gasteiger partial charge in [-0.05, 0) is 25.7 Å². The summed E-state index contributed by atoms with van der Waals surface area (Å²) in [7, 11) is 0. The lowest BCUT2D eigenvalue weighted by Crippen LogP contribution is -2.56. The molecular formula is C16H27N3O4. The van der Waals surface area contributed by atoms with Gasteiger partial charge < -0.3 is 20.6 Å². The highest BCUT2D eigenvalue weighted by Gasteiger charge is 2.37. The van der Waals surface area contributed by atoms with E-state index in [1.807, 2.05) is 0 Å². The van der Waals surface area contributed by atoms with Gasteiger partial charge in [-0.1, -0.05) is 19.3 Å². The molecule has 2 atom stereocenters. The topological polar surface area (TPSA) is 104 Å². The molecule has 2 aliphatic rings. The summed E-state index contributed by atoms with van der Waals surface area (Å²) in [6.45, 7) is 2.89. The molecule has 3 N–H and O–H groups in total. The van der Waals surface area contributed by atoms with E-state index in [4.69, 9.17) is 10.8 Å². The molecule has 2 rings (SSSR count). The van der Waals surface area contributed by atoms with E-state index in [2.05, 4.69) is 0 Å². The number of hydrogen-bond acceptors (Lipinski definition) is 3. The predicted octanol–water partition coefficient (Wildman–Crippen LogP) is 1.27. The average molecular weight is 325 g/mol. The number of nitrogens with zero attached hydrogens (tertiary/aromatic N) is 2. The van der Waals surface area contributed by atoms with Crippen LogP contribution < -0.4 is 5.73 Å². The maximum absolute atomic E-state index is 12.9. The molecule has 7 heteroatoms. The molecule has 1 aliphatic heterocycles. The molecule has 1 saturated carbocycles. The van der Waals surface area contributed by atoms with Crippen LogP contribution in [0.25, 0.3) is 0 Å². The Kier molecular flexibility index (Phi) is 5.85. The molecule has 0 aromatic carbocycles. The number of carbonyl (C=O) groups excluding carboxylic acids is 2. The smallest absolute Gasteiger partial charge is 0.407 e. The second-order valence-corrected chi connectivity index (χ2v) is 6.78. The van der Waals surface area contributed by atoms with E-state index in [1.54, 1.807) is 11.8 Å². The van der Waals surface area contributed by atoms with Crippen molar-refractivity contribution in [2.75, 3.05) is 19.6 Å². The zero-order valence-corrected chi connectivity index (χ0v) is 13.7. The van der Waals surface area contributed by atoms with Gasteiger partial charge in [0.1, 0.15) is 0 Å². The molecule has 0 bridgehead atoms. The summed E-state index contributed by atoms with van der Waals surface area (Å²) in [5.41, 5.74) is 5.36. The van der Waals surface area contributed by atoms with Crippen LogP contribution in [-0.4, -0.2) is 58.5 Å². The first-order chi connectivity index (χ1) is 10.9. The Bertz CT molecular complexity index is 462. The Morgan fingerprint density at radius 3 is 2.35 bits per heavy atom. The lowest BCUT2D eigenvalue weighted by Gasteiger charge is -2.41. The maximum atomic E-state index is 12.9. The third kappa shape index (κ3) is 4.36. The van der Waals surface area contributed by atoms with Crippen LogP contribution in [0.3, 0.4) is 0 Å². The lowest BCUT2D eigenvalue weighted by molar-refractivity contribution is -0.142. The van der Waals surface area contributed by atoms with Crippen LogP contribution in [0.5, 0.6) is 0 Å². The third-order valence-electron chi connectivity index (χ3n) is 5.14. The van der Waals surface area contributed by atoms with Crippen LogP contribution in [0.15, 0.2) is 0 Å². The van der Waals surface area contributed by atoms with Gasteiger partial charge in [0, 0.05) is 38.0 Å². The van der Waals surface area contributed by atoms with E-state index in [0.29, 0.717) is 19.6 Å². The molecule has 3 amide bonds. The van der Waals surface area contributed by atoms with Crippen molar-refractivity contribution >= 4 is 17.9 Å². The summed E-state index contributed by atoms with van der Waals surface area (Å²) < 4.78 is 0. The van der Waals surface area contributed by atoms with E-state index >= 15 is 0 Å². The first-order valence-corrected chi connectivity index (χ1v) is 8.46. The first kappa shape index (κ1) is 17.6. The first-order valence-electron chi connectivity index (χ1n) is 8.46. The van der Waals surface area contributed by atoms with Crippen molar-refractivity contribution in [2.45, 2.75) is 51.5 Å². The van der Waals surface area contributed by atoms with Gasteiger partial charge in [-0.2, -0.15) is 0 Å². The SMILES string of the molecule is C[C@H]1CN(C(=O)[C@@H](CC(N)=O)C2CCCCC2)CCN1C(=O)O. The fourth-order valence-corrected chi connectivity index (χ4v) is 3.89. The second kappa shape index (κ2) is 7.66. The van der Waals surface area contributed by atoms with Crippen LogP contribution in [0.4, 0.5) is 4.79 Å². The van der Waals surface area contributed by atoms with Crippen LogP contribution in [0.1, 0.15) is 45.4 Å². The van der Waals surface area contributed by atoms with E-state index < -0.39 is 12.0 Å². The number of rotatable bonds is 4. The molecule has 1 aliphatic carbocycles. The number of primary amides is 1. The summed E-state index contributed by atoms with van der Waals surface area (Å²) >= 11 is 0. The standard InChI is InChI=1S/C16H27N3O4/c1-11-10-18(7-8-19(11)16(22)23)15(21)13(9-14(17)20)12-5-3-2-4-6-12/h11-13H,2-10H2,1H3,(H2,17,20)(H,22,23)/t11-,13-/m0/s1. The Hall–Kier alpha value is -1.79. The Morgan fingerprint density at radius 1 is 1.17 bits per heavy atom. The van der Waals surface area contributed by atoms with Crippen molar-refractivity contribution in [3.63, 3.8) is 0 Å². The minimum absolute atomic E-state index is 0.0346. The molecule has 1 saturated heterocycles. The van der Waals surface area contributed by atoms with Gasteiger partial charge in [-0.25, -0.2) is 4.79 Å². The molecule has 2 fully saturated rings. The Balaban J connectivity index is 2.05. The number of hydrogen-bond donors (Lipinski definition) is 2. The van der Waals surface area contributed by atoms with Gasteiger partial charge in [0.05, 0.1) is 0 Å². The Morgan fingerprint density at radius 2 is 1.83 bits per heavy atom. The predicted molar refractivity (Wildman–Crippen MR) is 84.6 cm³/mol. The molecular weight excluding hydrogens is 298 g/mol. The number of nitrogens with two attached hydrogens (primary N) is 1. The minimum Gasteiger partial charge on any atom is -0.465 e. The van der Waals surface area contributed by atoms with Gasteiger partial charge in [0.15, 0.2) is 0 Å². The number of amides is 3. The van der Waals surface area contributed by atoms with Crippen molar-refractivity contribution < 1.29 is 19.5 Å². The molecule has 0 unspecified atom stereocenters. The second-order valence-electron chi connectivity index (χ2n) is 6.78. The van der Waals surface area contributed by atoms with Crippen LogP contribution in [0, 0.1) is 11.8 Å². The number of carboxylic acid groups (broad SMARTS) is 1. The molecule has 0 spiro atoms. The highest BCUT2D eigenvalue weighted by atomic mass is 16.4. The summed E-state index contributed by atoms with van der Waals surface area (Å²) in [6, 6.07) is -0.231. The highest BCUT2D eigenvalue weighted by Crippen LogP contribution is 2.33.